The van der Waals surface area contributed by atoms with Crippen molar-refractivity contribution in [2.24, 2.45) is 0 Å². The second kappa shape index (κ2) is 16.2. The van der Waals surface area contributed by atoms with Gasteiger partial charge in [-0.05, 0) is 47.4 Å². The van der Waals surface area contributed by atoms with E-state index in [-0.39, 0.29) is 0 Å². The van der Waals surface area contributed by atoms with E-state index in [2.05, 4.69) is 57.3 Å². The Labute approximate surface area is 129 Å². The smallest absolute Gasteiger partial charge is 0.000473 e. The second-order valence-corrected chi connectivity index (χ2v) is 6.41. The first-order chi connectivity index (χ1) is 7.91. The van der Waals surface area contributed by atoms with Crippen LogP contribution in [-0.2, 0) is 0 Å². The van der Waals surface area contributed by atoms with Gasteiger partial charge in [0.15, 0.2) is 0 Å². The Morgan fingerprint density at radius 3 is 1.25 bits per heavy atom. The number of hydrogen-bond acceptors (Lipinski definition) is 0. The van der Waals surface area contributed by atoms with Gasteiger partial charge in [0.05, 0.1) is 0 Å². The molecule has 0 saturated carbocycles. The van der Waals surface area contributed by atoms with Crippen LogP contribution in [0.1, 0.15) is 64.2 Å². The summed E-state index contributed by atoms with van der Waals surface area (Å²) in [7, 11) is 0. The Kier molecular flexibility index (Phi) is 17.4. The second-order valence-electron chi connectivity index (χ2n) is 4.26. The third-order valence-electron chi connectivity index (χ3n) is 2.68. The highest BCUT2D eigenvalue weighted by atomic mass is 127. The van der Waals surface area contributed by atoms with Crippen LogP contribution < -0.4 is 0 Å². The number of halogens is 2. The zero-order valence-corrected chi connectivity index (χ0v) is 14.7. The standard InChI is InChI=1S/C14H26I2/c15-13-11-9-7-5-3-1-2-4-6-8-10-12-14-16/h1-2H,3-14H2. The highest BCUT2D eigenvalue weighted by Gasteiger charge is 1.88. The van der Waals surface area contributed by atoms with Crippen molar-refractivity contribution in [3.8, 4) is 0 Å². The largest absolute Gasteiger partial charge is 0.0885 e. The minimum atomic E-state index is 1.30. The van der Waals surface area contributed by atoms with Gasteiger partial charge in [-0.15, -0.1) is 0 Å². The lowest BCUT2D eigenvalue weighted by Gasteiger charge is -1.97. The lowest BCUT2D eigenvalue weighted by atomic mass is 10.1. The van der Waals surface area contributed by atoms with E-state index in [1.54, 1.807) is 0 Å². The van der Waals surface area contributed by atoms with Gasteiger partial charge >= 0.3 is 0 Å². The summed E-state index contributed by atoms with van der Waals surface area (Å²) in [6.07, 6.45) is 18.7. The lowest BCUT2D eigenvalue weighted by Crippen LogP contribution is -1.79. The van der Waals surface area contributed by atoms with Gasteiger partial charge in [-0.25, -0.2) is 0 Å². The number of hydrogen-bond donors (Lipinski definition) is 0. The number of rotatable bonds is 12. The molecule has 0 atom stereocenters. The molecule has 0 aromatic rings. The molecular formula is C14H26I2. The number of alkyl halides is 2. The average Bonchev–Trinajstić information content (AvgIpc) is 2.31. The molecule has 0 aromatic carbocycles. The molecule has 0 saturated heterocycles. The van der Waals surface area contributed by atoms with Gasteiger partial charge in [0.1, 0.15) is 0 Å². The SMILES string of the molecule is ICCCCCCC=CCCCCCCI. The van der Waals surface area contributed by atoms with E-state index >= 15 is 0 Å². The summed E-state index contributed by atoms with van der Waals surface area (Å²) in [5.41, 5.74) is 0. The Morgan fingerprint density at radius 1 is 0.500 bits per heavy atom. The van der Waals surface area contributed by atoms with Crippen LogP contribution in [-0.4, -0.2) is 8.86 Å². The molecule has 0 spiro atoms. The van der Waals surface area contributed by atoms with Crippen LogP contribution in [0.25, 0.3) is 0 Å². The zero-order valence-electron chi connectivity index (χ0n) is 10.4. The van der Waals surface area contributed by atoms with Crippen molar-refractivity contribution in [1.82, 2.24) is 0 Å². The van der Waals surface area contributed by atoms with Gasteiger partial charge in [-0.2, -0.15) is 0 Å². The first-order valence-corrected chi connectivity index (χ1v) is 9.74. The molecule has 0 aromatic heterocycles. The lowest BCUT2D eigenvalue weighted by molar-refractivity contribution is 0.671. The highest BCUT2D eigenvalue weighted by Crippen LogP contribution is 2.07. The Balaban J connectivity index is 2.98. The van der Waals surface area contributed by atoms with Crippen molar-refractivity contribution in [2.75, 3.05) is 8.86 Å². The molecule has 0 rings (SSSR count). The summed E-state index contributed by atoms with van der Waals surface area (Å²) in [5.74, 6) is 0. The number of unbranched alkanes of at least 4 members (excludes halogenated alkanes) is 8. The van der Waals surface area contributed by atoms with E-state index in [0.717, 1.165) is 0 Å². The monoisotopic (exact) mass is 448 g/mol. The molecule has 0 unspecified atom stereocenters. The molecule has 96 valence electrons. The Bertz CT molecular complexity index is 128. The number of allylic oxidation sites excluding steroid dienone is 2. The average molecular weight is 448 g/mol. The van der Waals surface area contributed by atoms with Crippen LogP contribution in [0.5, 0.6) is 0 Å². The van der Waals surface area contributed by atoms with Crippen LogP contribution in [0, 0.1) is 0 Å². The van der Waals surface area contributed by atoms with Crippen molar-refractivity contribution >= 4 is 45.2 Å². The molecule has 0 fully saturated rings. The minimum absolute atomic E-state index is 1.30. The van der Waals surface area contributed by atoms with E-state index in [0.29, 0.717) is 0 Å². The highest BCUT2D eigenvalue weighted by molar-refractivity contribution is 14.1. The van der Waals surface area contributed by atoms with E-state index in [1.165, 1.54) is 73.1 Å². The predicted octanol–water partition coefficient (Wildman–Crippen LogP) is 6.31. The molecule has 16 heavy (non-hydrogen) atoms. The fourth-order valence-corrected chi connectivity index (χ4v) is 2.73. The molecule has 0 aliphatic heterocycles. The quantitative estimate of drug-likeness (QED) is 0.142. The molecule has 0 amide bonds. The van der Waals surface area contributed by atoms with Gasteiger partial charge in [0.2, 0.25) is 0 Å². The molecule has 0 nitrogen and oxygen atoms in total. The Hall–Kier alpha value is 1.20. The van der Waals surface area contributed by atoms with Crippen molar-refractivity contribution in [1.29, 1.82) is 0 Å². The van der Waals surface area contributed by atoms with E-state index in [4.69, 9.17) is 0 Å². The van der Waals surface area contributed by atoms with Crippen molar-refractivity contribution < 1.29 is 0 Å². The molecule has 0 bridgehead atoms. The van der Waals surface area contributed by atoms with Gasteiger partial charge in [0, 0.05) is 0 Å². The molecule has 0 N–H and O–H groups in total. The summed E-state index contributed by atoms with van der Waals surface area (Å²) < 4.78 is 2.65. The molecule has 0 heterocycles. The van der Waals surface area contributed by atoms with E-state index in [1.807, 2.05) is 0 Å². The summed E-state index contributed by atoms with van der Waals surface area (Å²) in [6, 6.07) is 0. The van der Waals surface area contributed by atoms with Gasteiger partial charge in [0.25, 0.3) is 0 Å². The molecule has 0 aliphatic carbocycles. The van der Waals surface area contributed by atoms with Crippen LogP contribution >= 0.6 is 45.2 Å². The summed E-state index contributed by atoms with van der Waals surface area (Å²) in [6.45, 7) is 0. The predicted molar refractivity (Wildman–Crippen MR) is 93.1 cm³/mol. The van der Waals surface area contributed by atoms with Crippen molar-refractivity contribution in [3.05, 3.63) is 12.2 Å². The molecule has 0 radical (unpaired) electrons. The van der Waals surface area contributed by atoms with Crippen LogP contribution in [0.2, 0.25) is 0 Å². The topological polar surface area (TPSA) is 0 Å². The van der Waals surface area contributed by atoms with E-state index < -0.39 is 0 Å². The minimum Gasteiger partial charge on any atom is -0.0885 e. The first kappa shape index (κ1) is 17.2. The maximum Gasteiger partial charge on any atom is -0.000473 e. The normalized spacial score (nSPS) is 11.4. The molecular weight excluding hydrogens is 422 g/mol. The fraction of sp³-hybridized carbons (Fsp3) is 0.857. The summed E-state index contributed by atoms with van der Waals surface area (Å²) in [4.78, 5) is 0. The van der Waals surface area contributed by atoms with Crippen LogP contribution in [0.3, 0.4) is 0 Å². The van der Waals surface area contributed by atoms with Gasteiger partial charge in [-0.1, -0.05) is 83.0 Å². The van der Waals surface area contributed by atoms with E-state index in [9.17, 15) is 0 Å². The maximum absolute atomic E-state index is 2.47. The Morgan fingerprint density at radius 2 is 0.875 bits per heavy atom. The molecule has 0 aliphatic rings. The summed E-state index contributed by atoms with van der Waals surface area (Å²) >= 11 is 4.93. The zero-order chi connectivity index (χ0) is 11.9. The maximum atomic E-state index is 2.47. The van der Waals surface area contributed by atoms with Gasteiger partial charge in [-0.3, -0.25) is 0 Å². The summed E-state index contributed by atoms with van der Waals surface area (Å²) in [5, 5.41) is 0. The third-order valence-corrected chi connectivity index (χ3v) is 4.20. The molecule has 2 heteroatoms. The van der Waals surface area contributed by atoms with Crippen molar-refractivity contribution in [3.63, 3.8) is 0 Å². The first-order valence-electron chi connectivity index (χ1n) is 6.68. The van der Waals surface area contributed by atoms with Crippen molar-refractivity contribution in [2.45, 2.75) is 64.2 Å². The fourth-order valence-electron chi connectivity index (χ4n) is 1.66. The van der Waals surface area contributed by atoms with Gasteiger partial charge < -0.3 is 0 Å². The third kappa shape index (κ3) is 15.2. The van der Waals surface area contributed by atoms with Crippen LogP contribution in [0.4, 0.5) is 0 Å². The van der Waals surface area contributed by atoms with Crippen LogP contribution in [0.15, 0.2) is 12.2 Å².